The quantitative estimate of drug-likeness (QED) is 0.289. The highest BCUT2D eigenvalue weighted by Crippen LogP contribution is 2.48. The van der Waals surface area contributed by atoms with E-state index in [-0.39, 0.29) is 30.9 Å². The van der Waals surface area contributed by atoms with E-state index in [9.17, 15) is 14.7 Å². The van der Waals surface area contributed by atoms with Crippen molar-refractivity contribution in [1.29, 1.82) is 0 Å². The highest BCUT2D eigenvalue weighted by molar-refractivity contribution is 5.90. The third kappa shape index (κ3) is 2.29. The second-order valence-electron chi connectivity index (χ2n) is 7.52. The third-order valence-corrected chi connectivity index (χ3v) is 6.20. The maximum absolute atomic E-state index is 12.6. The molecule has 4 aliphatic heterocycles. The first-order valence-corrected chi connectivity index (χ1v) is 8.64. The maximum atomic E-state index is 12.6. The Bertz CT molecular complexity index is 677. The largest absolute Gasteiger partial charge is 0.459 e. The average Bonchev–Trinajstić information content (AvgIpc) is 3.17. The van der Waals surface area contributed by atoms with E-state index in [1.807, 2.05) is 6.08 Å². The summed E-state index contributed by atoms with van der Waals surface area (Å²) in [7, 11) is 0. The van der Waals surface area contributed by atoms with Crippen LogP contribution in [0.5, 0.6) is 0 Å². The normalized spacial score (nSPS) is 44.5. The molecule has 0 unspecified atom stereocenters. The van der Waals surface area contributed by atoms with Crippen molar-refractivity contribution in [2.24, 2.45) is 5.92 Å². The number of ether oxygens (including phenoxy) is 3. The highest BCUT2D eigenvalue weighted by atomic mass is 16.6. The molecule has 136 valence electrons. The second-order valence-corrected chi connectivity index (χ2v) is 7.52. The Kier molecular flexibility index (Phi) is 3.62. The lowest BCUT2D eigenvalue weighted by molar-refractivity contribution is -0.173. The lowest BCUT2D eigenvalue weighted by atomic mass is 9.76. The molecule has 25 heavy (non-hydrogen) atoms. The van der Waals surface area contributed by atoms with Crippen LogP contribution >= 0.6 is 0 Å². The molecule has 5 atom stereocenters. The summed E-state index contributed by atoms with van der Waals surface area (Å²) in [5.74, 6) is -1.81. The molecule has 0 bridgehead atoms. The van der Waals surface area contributed by atoms with Crippen LogP contribution in [0.4, 0.5) is 0 Å². The van der Waals surface area contributed by atoms with Gasteiger partial charge in [0.2, 0.25) is 0 Å². The monoisotopic (exact) mass is 349 g/mol. The molecule has 0 aliphatic carbocycles. The average molecular weight is 349 g/mol. The lowest BCUT2D eigenvalue weighted by Gasteiger charge is -2.34. The minimum absolute atomic E-state index is 0.0737. The fourth-order valence-electron chi connectivity index (χ4n) is 4.29. The number of esters is 2. The minimum atomic E-state index is -1.87. The van der Waals surface area contributed by atoms with Crippen molar-refractivity contribution >= 4 is 11.9 Å². The molecule has 7 heteroatoms. The Balaban J connectivity index is 1.69. The van der Waals surface area contributed by atoms with Gasteiger partial charge in [0, 0.05) is 24.6 Å². The third-order valence-electron chi connectivity index (χ3n) is 6.20. The summed E-state index contributed by atoms with van der Waals surface area (Å²) in [6.07, 6.45) is 2.46. The van der Waals surface area contributed by atoms with Crippen molar-refractivity contribution in [2.45, 2.75) is 43.6 Å². The van der Waals surface area contributed by atoms with Crippen LogP contribution in [0, 0.1) is 5.92 Å². The van der Waals surface area contributed by atoms with E-state index in [2.05, 4.69) is 11.5 Å². The number of rotatable bonds is 0. The van der Waals surface area contributed by atoms with E-state index < -0.39 is 29.1 Å². The Morgan fingerprint density at radius 3 is 2.80 bits per heavy atom. The van der Waals surface area contributed by atoms with Gasteiger partial charge in [0.25, 0.3) is 0 Å². The SMILES string of the molecule is C=C1C(=O)O[C@@H]2CCN3CC=C(COC(=O)[C@](C)(O)[C@@]4(CO4)[C@@H]1C)[C@H]23. The zero-order valence-electron chi connectivity index (χ0n) is 14.5. The number of hydrogen-bond donors (Lipinski definition) is 1. The molecular formula is C18H23NO6. The van der Waals surface area contributed by atoms with E-state index in [0.717, 1.165) is 25.1 Å². The molecule has 0 aromatic rings. The molecule has 0 amide bonds. The van der Waals surface area contributed by atoms with Crippen LogP contribution in [0.2, 0.25) is 0 Å². The van der Waals surface area contributed by atoms with Crippen molar-refractivity contribution in [3.63, 3.8) is 0 Å². The number of carbonyl (C=O) groups excluding carboxylic acids is 2. The second kappa shape index (κ2) is 5.40. The zero-order chi connectivity index (χ0) is 18.0. The molecule has 4 rings (SSSR count). The maximum Gasteiger partial charge on any atom is 0.341 e. The van der Waals surface area contributed by atoms with Crippen molar-refractivity contribution in [3.05, 3.63) is 23.8 Å². The van der Waals surface area contributed by atoms with Gasteiger partial charge in [0.15, 0.2) is 5.60 Å². The fourth-order valence-corrected chi connectivity index (χ4v) is 4.29. The summed E-state index contributed by atoms with van der Waals surface area (Å²) < 4.78 is 16.6. The van der Waals surface area contributed by atoms with E-state index in [4.69, 9.17) is 14.2 Å². The smallest absolute Gasteiger partial charge is 0.341 e. The van der Waals surface area contributed by atoms with Crippen LogP contribution < -0.4 is 0 Å². The summed E-state index contributed by atoms with van der Waals surface area (Å²) >= 11 is 0. The predicted molar refractivity (Wildman–Crippen MR) is 86.5 cm³/mol. The Morgan fingerprint density at radius 2 is 2.12 bits per heavy atom. The van der Waals surface area contributed by atoms with Gasteiger partial charge >= 0.3 is 11.9 Å². The molecule has 3 fully saturated rings. The number of aliphatic hydroxyl groups is 1. The molecular weight excluding hydrogens is 326 g/mol. The predicted octanol–water partition coefficient (Wildman–Crippen LogP) is 0.182. The highest BCUT2D eigenvalue weighted by Gasteiger charge is 2.67. The standard InChI is InChI=1S/C18H23NO6/c1-10-11(2)18(9-24-18)17(3,22)16(21)23-8-12-4-6-19-7-5-13(14(12)19)25-15(10)20/h4,11,13-14,22H,1,5-9H2,2-3H3/t11-,13-,14-,17+,18-/m1/s1. The van der Waals surface area contributed by atoms with Crippen molar-refractivity contribution in [1.82, 2.24) is 4.90 Å². The van der Waals surface area contributed by atoms with Crippen LogP contribution in [0.1, 0.15) is 20.3 Å². The fraction of sp³-hybridized carbons (Fsp3) is 0.667. The van der Waals surface area contributed by atoms with E-state index in [1.54, 1.807) is 6.92 Å². The molecule has 4 aliphatic rings. The van der Waals surface area contributed by atoms with Gasteiger partial charge in [0.05, 0.1) is 12.6 Å². The molecule has 0 radical (unpaired) electrons. The molecule has 0 aromatic heterocycles. The van der Waals surface area contributed by atoms with Crippen LogP contribution in [0.3, 0.4) is 0 Å². The van der Waals surface area contributed by atoms with Crippen LogP contribution in [-0.2, 0) is 23.8 Å². The van der Waals surface area contributed by atoms with E-state index in [0.29, 0.717) is 0 Å². The first-order chi connectivity index (χ1) is 11.8. The molecule has 1 spiro atoms. The van der Waals surface area contributed by atoms with Gasteiger partial charge in [-0.2, -0.15) is 0 Å². The summed E-state index contributed by atoms with van der Waals surface area (Å²) in [5.41, 5.74) is -1.97. The number of nitrogens with zero attached hydrogens (tertiary/aromatic N) is 1. The van der Waals surface area contributed by atoms with Gasteiger partial charge in [-0.25, -0.2) is 9.59 Å². The number of hydrogen-bond acceptors (Lipinski definition) is 7. The van der Waals surface area contributed by atoms with Crippen LogP contribution in [-0.4, -0.2) is 71.6 Å². The molecule has 0 aromatic carbocycles. The molecule has 1 N–H and O–H groups in total. The summed E-state index contributed by atoms with van der Waals surface area (Å²) in [4.78, 5) is 27.4. The topological polar surface area (TPSA) is 88.6 Å². The zero-order valence-corrected chi connectivity index (χ0v) is 14.5. The first kappa shape index (κ1) is 16.8. The van der Waals surface area contributed by atoms with Crippen LogP contribution in [0.15, 0.2) is 23.8 Å². The van der Waals surface area contributed by atoms with Gasteiger partial charge < -0.3 is 19.3 Å². The Hall–Kier alpha value is -1.70. The van der Waals surface area contributed by atoms with Gasteiger partial charge in [-0.3, -0.25) is 4.90 Å². The summed E-state index contributed by atoms with van der Waals surface area (Å²) in [6, 6.07) is -0.0737. The first-order valence-electron chi connectivity index (χ1n) is 8.64. The molecule has 0 saturated carbocycles. The summed E-state index contributed by atoms with van der Waals surface area (Å²) in [5, 5.41) is 10.8. The van der Waals surface area contributed by atoms with Gasteiger partial charge in [-0.15, -0.1) is 0 Å². The number of epoxide rings is 1. The molecule has 3 saturated heterocycles. The van der Waals surface area contributed by atoms with Gasteiger partial charge in [-0.05, 0) is 18.9 Å². The molecule has 7 nitrogen and oxygen atoms in total. The lowest BCUT2D eigenvalue weighted by Crippen LogP contribution is -2.55. The van der Waals surface area contributed by atoms with Crippen molar-refractivity contribution in [3.8, 4) is 0 Å². The van der Waals surface area contributed by atoms with Gasteiger partial charge in [0.1, 0.15) is 18.3 Å². The number of carbonyl (C=O) groups is 2. The van der Waals surface area contributed by atoms with Gasteiger partial charge in [-0.1, -0.05) is 19.6 Å². The van der Waals surface area contributed by atoms with E-state index >= 15 is 0 Å². The Morgan fingerprint density at radius 1 is 1.40 bits per heavy atom. The van der Waals surface area contributed by atoms with Crippen LogP contribution in [0.25, 0.3) is 0 Å². The number of cyclic esters (lactones) is 1. The van der Waals surface area contributed by atoms with Crippen molar-refractivity contribution < 1.29 is 28.9 Å². The molecule has 4 heterocycles. The minimum Gasteiger partial charge on any atom is -0.459 e. The van der Waals surface area contributed by atoms with Crippen molar-refractivity contribution in [2.75, 3.05) is 26.3 Å². The summed E-state index contributed by atoms with van der Waals surface area (Å²) in [6.45, 7) is 8.74. The Labute approximate surface area is 146 Å². The van der Waals surface area contributed by atoms with E-state index in [1.165, 1.54) is 6.92 Å².